The molecule has 5 rings (SSSR count). The van der Waals surface area contributed by atoms with Gasteiger partial charge in [-0.2, -0.15) is 0 Å². The monoisotopic (exact) mass is 544 g/mol. The van der Waals surface area contributed by atoms with Gasteiger partial charge in [0.15, 0.2) is 11.5 Å². The Morgan fingerprint density at radius 2 is 1.74 bits per heavy atom. The van der Waals surface area contributed by atoms with Gasteiger partial charge >= 0.3 is 6.03 Å². The molecule has 0 spiro atoms. The van der Waals surface area contributed by atoms with Gasteiger partial charge in [-0.05, 0) is 59.2 Å². The summed E-state index contributed by atoms with van der Waals surface area (Å²) in [5, 5.41) is 4.40. The van der Waals surface area contributed by atoms with E-state index in [1.165, 1.54) is 37.5 Å². The number of halogens is 2. The van der Waals surface area contributed by atoms with E-state index in [9.17, 15) is 18.8 Å². The first kappa shape index (κ1) is 25.9. The smallest absolute Gasteiger partial charge is 0.336 e. The van der Waals surface area contributed by atoms with Crippen LogP contribution < -0.4 is 19.7 Å². The molecule has 1 aliphatic heterocycles. The molecule has 0 unspecified atom stereocenters. The van der Waals surface area contributed by atoms with Gasteiger partial charge in [-0.15, -0.1) is 0 Å². The zero-order valence-corrected chi connectivity index (χ0v) is 21.7. The van der Waals surface area contributed by atoms with Gasteiger partial charge in [0.1, 0.15) is 18.0 Å². The summed E-state index contributed by atoms with van der Waals surface area (Å²) in [5.41, 5.74) is 1.74. The molecule has 0 aliphatic carbocycles. The van der Waals surface area contributed by atoms with E-state index in [1.807, 2.05) is 43.3 Å². The Hall–Kier alpha value is -4.69. The van der Waals surface area contributed by atoms with Crippen LogP contribution in [-0.2, 0) is 16.2 Å². The molecule has 1 fully saturated rings. The Labute approximate surface area is 228 Å². The Bertz CT molecular complexity index is 1680. The molecule has 1 saturated heterocycles. The van der Waals surface area contributed by atoms with Crippen LogP contribution in [0.4, 0.5) is 14.9 Å². The quantitative estimate of drug-likeness (QED) is 0.231. The summed E-state index contributed by atoms with van der Waals surface area (Å²) in [7, 11) is 1.44. The van der Waals surface area contributed by atoms with Crippen molar-refractivity contribution in [1.82, 2.24) is 5.32 Å². The molecule has 0 aromatic heterocycles. The highest BCUT2D eigenvalue weighted by atomic mass is 35.5. The summed E-state index contributed by atoms with van der Waals surface area (Å²) in [4.78, 5) is 38.6. The van der Waals surface area contributed by atoms with Crippen molar-refractivity contribution in [1.29, 1.82) is 0 Å². The maximum absolute atomic E-state index is 14.3. The van der Waals surface area contributed by atoms with Gasteiger partial charge in [0.25, 0.3) is 11.8 Å². The van der Waals surface area contributed by atoms with Crippen molar-refractivity contribution in [2.24, 2.45) is 0 Å². The molecule has 4 aromatic carbocycles. The number of benzene rings is 4. The second-order valence-electron chi connectivity index (χ2n) is 8.81. The molecule has 0 saturated carbocycles. The van der Waals surface area contributed by atoms with E-state index in [0.717, 1.165) is 28.0 Å². The maximum atomic E-state index is 14.3. The minimum atomic E-state index is -1.05. The molecule has 39 heavy (non-hydrogen) atoms. The fourth-order valence-electron chi connectivity index (χ4n) is 4.42. The van der Waals surface area contributed by atoms with Crippen molar-refractivity contribution in [3.8, 4) is 11.5 Å². The summed E-state index contributed by atoms with van der Waals surface area (Å²) < 4.78 is 26.0. The van der Waals surface area contributed by atoms with Crippen molar-refractivity contribution in [3.05, 3.63) is 106 Å². The van der Waals surface area contributed by atoms with Crippen LogP contribution in [0.2, 0.25) is 5.02 Å². The van der Waals surface area contributed by atoms with E-state index in [0.29, 0.717) is 10.5 Å². The lowest BCUT2D eigenvalue weighted by atomic mass is 10.0. The predicted octanol–water partition coefficient (Wildman–Crippen LogP) is 6.19. The lowest BCUT2D eigenvalue weighted by Crippen LogP contribution is -2.54. The highest BCUT2D eigenvalue weighted by molar-refractivity contribution is 6.39. The second-order valence-corrected chi connectivity index (χ2v) is 9.22. The van der Waals surface area contributed by atoms with Crippen molar-refractivity contribution in [2.45, 2.75) is 13.5 Å². The minimum Gasteiger partial charge on any atom is -0.493 e. The first-order chi connectivity index (χ1) is 18.8. The lowest BCUT2D eigenvalue weighted by Gasteiger charge is -2.26. The molecule has 7 nitrogen and oxygen atoms in total. The third-order valence-electron chi connectivity index (χ3n) is 6.39. The molecule has 1 heterocycles. The number of barbiturate groups is 1. The van der Waals surface area contributed by atoms with Crippen molar-refractivity contribution in [3.63, 3.8) is 0 Å². The van der Waals surface area contributed by atoms with Crippen molar-refractivity contribution >= 4 is 52.0 Å². The second kappa shape index (κ2) is 10.6. The molecular weight excluding hydrogens is 523 g/mol. The predicted molar refractivity (Wildman–Crippen MR) is 146 cm³/mol. The van der Waals surface area contributed by atoms with E-state index in [4.69, 9.17) is 21.1 Å². The SMILES string of the molecule is COc1cc(/C=C2/C(=O)NC(=O)N(c3ccccc3F)C2=O)cc(Cl)c1OCc1c(C)ccc2ccccc12. The number of methoxy groups -OCH3 is 1. The standard InChI is InChI=1S/C30H22ClFN2O5/c1-17-11-12-19-7-3-4-8-20(19)22(17)16-39-27-23(31)14-18(15-26(27)38-2)13-21-28(35)33-30(37)34(29(21)36)25-10-6-5-9-24(25)32/h3-15H,16H2,1-2H3,(H,33,35,37)/b21-13-. The molecule has 0 bridgehead atoms. The Morgan fingerprint density at radius 1 is 1.00 bits per heavy atom. The van der Waals surface area contributed by atoms with Gasteiger partial charge in [-0.25, -0.2) is 14.1 Å². The van der Waals surface area contributed by atoms with E-state index in [-0.39, 0.29) is 34.4 Å². The third-order valence-corrected chi connectivity index (χ3v) is 6.67. The normalized spacial score (nSPS) is 14.6. The van der Waals surface area contributed by atoms with Gasteiger partial charge in [-0.3, -0.25) is 14.9 Å². The van der Waals surface area contributed by atoms with Crippen molar-refractivity contribution in [2.75, 3.05) is 12.0 Å². The molecule has 0 radical (unpaired) electrons. The van der Waals surface area contributed by atoms with Crippen LogP contribution in [0.1, 0.15) is 16.7 Å². The van der Waals surface area contributed by atoms with Gasteiger partial charge in [-0.1, -0.05) is 60.1 Å². The lowest BCUT2D eigenvalue weighted by molar-refractivity contribution is -0.122. The number of anilines is 1. The molecule has 1 N–H and O–H groups in total. The fraction of sp³-hybridized carbons (Fsp3) is 0.100. The van der Waals surface area contributed by atoms with Crippen LogP contribution in [0, 0.1) is 12.7 Å². The molecule has 1 aliphatic rings. The first-order valence-corrected chi connectivity index (χ1v) is 12.3. The molecule has 196 valence electrons. The summed E-state index contributed by atoms with van der Waals surface area (Å²) in [6.45, 7) is 2.23. The van der Waals surface area contributed by atoms with Crippen LogP contribution in [0.25, 0.3) is 16.8 Å². The number of rotatable bonds is 6. The number of hydrogen-bond acceptors (Lipinski definition) is 5. The van der Waals surface area contributed by atoms with Gasteiger partial charge in [0.05, 0.1) is 17.8 Å². The molecule has 9 heteroatoms. The Morgan fingerprint density at radius 3 is 2.51 bits per heavy atom. The average Bonchev–Trinajstić information content (AvgIpc) is 2.92. The van der Waals surface area contributed by atoms with Gasteiger partial charge in [0.2, 0.25) is 0 Å². The van der Waals surface area contributed by atoms with Crippen molar-refractivity contribution < 1.29 is 28.2 Å². The zero-order chi connectivity index (χ0) is 27.7. The molecule has 4 amide bonds. The van der Waals surface area contributed by atoms with E-state index in [2.05, 4.69) is 5.32 Å². The summed E-state index contributed by atoms with van der Waals surface area (Å²) >= 11 is 6.56. The number of para-hydroxylation sites is 1. The summed E-state index contributed by atoms with van der Waals surface area (Å²) in [5.74, 6) is -2.12. The van der Waals surface area contributed by atoms with E-state index < -0.39 is 23.7 Å². The average molecular weight is 545 g/mol. The highest BCUT2D eigenvalue weighted by Crippen LogP contribution is 2.38. The van der Waals surface area contributed by atoms with Crippen LogP contribution in [0.5, 0.6) is 11.5 Å². The van der Waals surface area contributed by atoms with E-state index >= 15 is 0 Å². The number of fused-ring (bicyclic) bond motifs is 1. The molecular formula is C30H22ClFN2O5. The number of amides is 4. The van der Waals surface area contributed by atoms with Gasteiger partial charge in [0, 0.05) is 5.56 Å². The van der Waals surface area contributed by atoms with Crippen LogP contribution in [0.3, 0.4) is 0 Å². The number of carbonyl (C=O) groups is 3. The number of carbonyl (C=O) groups excluding carboxylic acids is 3. The zero-order valence-electron chi connectivity index (χ0n) is 21.0. The van der Waals surface area contributed by atoms with Crippen LogP contribution >= 0.6 is 11.6 Å². The highest BCUT2D eigenvalue weighted by Gasteiger charge is 2.38. The Balaban J connectivity index is 1.47. The topological polar surface area (TPSA) is 84.9 Å². The summed E-state index contributed by atoms with van der Waals surface area (Å²) in [6, 6.07) is 19.3. The first-order valence-electron chi connectivity index (χ1n) is 11.9. The number of urea groups is 1. The van der Waals surface area contributed by atoms with Gasteiger partial charge < -0.3 is 9.47 Å². The van der Waals surface area contributed by atoms with Crippen LogP contribution in [-0.4, -0.2) is 25.0 Å². The maximum Gasteiger partial charge on any atom is 0.336 e. The number of ether oxygens (including phenoxy) is 2. The molecule has 0 atom stereocenters. The third kappa shape index (κ3) is 4.94. The molecule has 4 aromatic rings. The number of imide groups is 2. The van der Waals surface area contributed by atoms with E-state index in [1.54, 1.807) is 6.07 Å². The van der Waals surface area contributed by atoms with Crippen LogP contribution in [0.15, 0.2) is 78.4 Å². The summed E-state index contributed by atoms with van der Waals surface area (Å²) in [6.07, 6.45) is 1.25. The number of nitrogens with zero attached hydrogens (tertiary/aromatic N) is 1. The Kier molecular flexibility index (Phi) is 7.04. The largest absolute Gasteiger partial charge is 0.493 e. The fourth-order valence-corrected chi connectivity index (χ4v) is 4.69. The number of aryl methyl sites for hydroxylation is 1. The number of nitrogens with one attached hydrogen (secondary N) is 1. The number of hydrogen-bond donors (Lipinski definition) is 1. The minimum absolute atomic E-state index is 0.185.